The van der Waals surface area contributed by atoms with Gasteiger partial charge >= 0.3 is 0 Å². The molecule has 0 radical (unpaired) electrons. The summed E-state index contributed by atoms with van der Waals surface area (Å²) in [5.41, 5.74) is 0.901. The van der Waals surface area contributed by atoms with Gasteiger partial charge in [-0.25, -0.2) is 4.83 Å². The van der Waals surface area contributed by atoms with Gasteiger partial charge in [0.25, 0.3) is 15.7 Å². The predicted molar refractivity (Wildman–Crippen MR) is 80.1 cm³/mol. The molecule has 2 rings (SSSR count). The summed E-state index contributed by atoms with van der Waals surface area (Å²) < 4.78 is 24.0. The molecule has 0 fully saturated rings. The third-order valence-corrected chi connectivity index (χ3v) is 4.54. The van der Waals surface area contributed by atoms with Crippen LogP contribution in [0.4, 0.5) is 5.69 Å². The summed E-state index contributed by atoms with van der Waals surface area (Å²) >= 11 is 1.46. The van der Waals surface area contributed by atoms with Crippen molar-refractivity contribution in [2.45, 2.75) is 11.8 Å². The van der Waals surface area contributed by atoms with Crippen LogP contribution in [-0.2, 0) is 10.0 Å². The molecule has 0 aliphatic carbocycles. The minimum absolute atomic E-state index is 0.206. The van der Waals surface area contributed by atoms with E-state index in [-0.39, 0.29) is 10.6 Å². The highest BCUT2D eigenvalue weighted by Crippen LogP contribution is 2.21. The van der Waals surface area contributed by atoms with E-state index in [2.05, 4.69) is 5.10 Å². The second kappa shape index (κ2) is 6.02. The number of nitro groups is 1. The lowest BCUT2D eigenvalue weighted by Crippen LogP contribution is -2.18. The molecule has 1 aromatic carbocycles. The van der Waals surface area contributed by atoms with E-state index in [0.717, 1.165) is 11.6 Å². The van der Waals surface area contributed by atoms with Crippen molar-refractivity contribution in [1.29, 1.82) is 0 Å². The average molecular weight is 325 g/mol. The van der Waals surface area contributed by atoms with Crippen molar-refractivity contribution >= 4 is 33.3 Å². The van der Waals surface area contributed by atoms with Gasteiger partial charge in [-0.3, -0.25) is 10.1 Å². The normalized spacial score (nSPS) is 11.7. The van der Waals surface area contributed by atoms with Crippen molar-refractivity contribution in [3.8, 4) is 0 Å². The van der Waals surface area contributed by atoms with E-state index in [1.165, 1.54) is 36.6 Å². The first kappa shape index (κ1) is 15.1. The minimum atomic E-state index is -3.94. The Hall–Kier alpha value is -2.26. The lowest BCUT2D eigenvalue weighted by Gasteiger charge is -2.04. The number of hydrogen-bond donors (Lipinski definition) is 1. The van der Waals surface area contributed by atoms with Crippen molar-refractivity contribution in [2.75, 3.05) is 0 Å². The van der Waals surface area contributed by atoms with Crippen LogP contribution in [0.3, 0.4) is 0 Å². The summed E-state index contributed by atoms with van der Waals surface area (Å²) in [5.74, 6) is 0. The van der Waals surface area contributed by atoms with E-state index in [0.29, 0.717) is 5.56 Å². The molecule has 0 amide bonds. The second-order valence-corrected chi connectivity index (χ2v) is 6.56. The first-order valence-corrected chi connectivity index (χ1v) is 8.15. The van der Waals surface area contributed by atoms with Gasteiger partial charge in [-0.2, -0.15) is 24.9 Å². The van der Waals surface area contributed by atoms with Crippen LogP contribution < -0.4 is 4.83 Å². The largest absolute Gasteiger partial charge is 0.276 e. The van der Waals surface area contributed by atoms with E-state index >= 15 is 0 Å². The van der Waals surface area contributed by atoms with Gasteiger partial charge in [0.1, 0.15) is 0 Å². The van der Waals surface area contributed by atoms with Gasteiger partial charge in [-0.05, 0) is 29.8 Å². The van der Waals surface area contributed by atoms with Crippen LogP contribution in [0.2, 0.25) is 0 Å². The zero-order chi connectivity index (χ0) is 15.5. The molecule has 7 nitrogen and oxygen atoms in total. The number of aryl methyl sites for hydroxylation is 1. The number of nitrogens with one attached hydrogen (secondary N) is 1. The molecule has 0 saturated heterocycles. The van der Waals surface area contributed by atoms with Gasteiger partial charge in [-0.15, -0.1) is 0 Å². The Morgan fingerprint density at radius 2 is 2.14 bits per heavy atom. The molecule has 0 saturated carbocycles. The lowest BCUT2D eigenvalue weighted by atomic mass is 10.2. The summed E-state index contributed by atoms with van der Waals surface area (Å²) in [5, 5.41) is 18.1. The number of sulfonamides is 1. The van der Waals surface area contributed by atoms with Crippen molar-refractivity contribution in [3.63, 3.8) is 0 Å². The summed E-state index contributed by atoms with van der Waals surface area (Å²) in [7, 11) is -3.94. The SMILES string of the molecule is Cc1ccc(S(=O)(=O)N/N=C/c2ccsc2)cc1[N+](=O)[O-]. The van der Waals surface area contributed by atoms with Crippen LogP contribution in [0.5, 0.6) is 0 Å². The Morgan fingerprint density at radius 1 is 1.38 bits per heavy atom. The molecule has 9 heteroatoms. The molecular weight excluding hydrogens is 314 g/mol. The Labute approximate surface area is 125 Å². The number of rotatable bonds is 5. The van der Waals surface area contributed by atoms with Crippen LogP contribution in [0.1, 0.15) is 11.1 Å². The van der Waals surface area contributed by atoms with Crippen LogP contribution in [0, 0.1) is 17.0 Å². The van der Waals surface area contributed by atoms with Gasteiger partial charge in [-0.1, -0.05) is 6.07 Å². The van der Waals surface area contributed by atoms with Gasteiger partial charge in [0.2, 0.25) is 0 Å². The number of benzene rings is 1. The molecular formula is C12H11N3O4S2. The molecule has 1 heterocycles. The summed E-state index contributed by atoms with van der Waals surface area (Å²) in [6.45, 7) is 1.54. The molecule has 0 spiro atoms. The van der Waals surface area contributed by atoms with E-state index in [9.17, 15) is 18.5 Å². The zero-order valence-electron chi connectivity index (χ0n) is 10.9. The van der Waals surface area contributed by atoms with Gasteiger partial charge in [0.05, 0.1) is 16.0 Å². The van der Waals surface area contributed by atoms with Crippen LogP contribution in [0.15, 0.2) is 45.0 Å². The molecule has 2 aromatic rings. The van der Waals surface area contributed by atoms with Gasteiger partial charge in [0, 0.05) is 17.2 Å². The van der Waals surface area contributed by atoms with Crippen molar-refractivity contribution in [3.05, 3.63) is 56.3 Å². The maximum Gasteiger partial charge on any atom is 0.276 e. The fourth-order valence-electron chi connectivity index (χ4n) is 1.52. The molecule has 0 bridgehead atoms. The van der Waals surface area contributed by atoms with Crippen LogP contribution >= 0.6 is 11.3 Å². The summed E-state index contributed by atoms with van der Waals surface area (Å²) in [6.07, 6.45) is 1.36. The highest BCUT2D eigenvalue weighted by molar-refractivity contribution is 7.89. The first-order valence-electron chi connectivity index (χ1n) is 5.72. The van der Waals surface area contributed by atoms with E-state index in [1.807, 2.05) is 10.2 Å². The topological polar surface area (TPSA) is 102 Å². The molecule has 1 N–H and O–H groups in total. The fraction of sp³-hybridized carbons (Fsp3) is 0.0833. The summed E-state index contributed by atoms with van der Waals surface area (Å²) in [6, 6.07) is 5.47. The monoisotopic (exact) mass is 325 g/mol. The summed E-state index contributed by atoms with van der Waals surface area (Å²) in [4.78, 5) is 12.0. The number of hydrazone groups is 1. The molecule has 21 heavy (non-hydrogen) atoms. The number of nitro benzene ring substituents is 1. The maximum absolute atomic E-state index is 12.0. The number of nitrogens with zero attached hydrogens (tertiary/aromatic N) is 2. The third-order valence-electron chi connectivity index (χ3n) is 2.62. The highest BCUT2D eigenvalue weighted by atomic mass is 32.2. The van der Waals surface area contributed by atoms with E-state index in [1.54, 1.807) is 11.4 Å². The van der Waals surface area contributed by atoms with Gasteiger partial charge < -0.3 is 0 Å². The quantitative estimate of drug-likeness (QED) is 0.517. The average Bonchev–Trinajstić information content (AvgIpc) is 2.91. The van der Waals surface area contributed by atoms with Crippen molar-refractivity contribution < 1.29 is 13.3 Å². The molecule has 0 aliphatic rings. The zero-order valence-corrected chi connectivity index (χ0v) is 12.5. The maximum atomic E-state index is 12.0. The van der Waals surface area contributed by atoms with E-state index < -0.39 is 14.9 Å². The molecule has 0 atom stereocenters. The Kier molecular flexibility index (Phi) is 4.34. The van der Waals surface area contributed by atoms with E-state index in [4.69, 9.17) is 0 Å². The Balaban J connectivity index is 2.23. The third kappa shape index (κ3) is 3.64. The van der Waals surface area contributed by atoms with Crippen LogP contribution in [-0.4, -0.2) is 19.6 Å². The number of hydrogen-bond acceptors (Lipinski definition) is 6. The fourth-order valence-corrected chi connectivity index (χ4v) is 2.95. The van der Waals surface area contributed by atoms with Crippen LogP contribution in [0.25, 0.3) is 0 Å². The number of thiophene rings is 1. The van der Waals surface area contributed by atoms with Crippen molar-refractivity contribution in [2.24, 2.45) is 5.10 Å². The smallest absolute Gasteiger partial charge is 0.258 e. The Bertz CT molecular complexity index is 783. The predicted octanol–water partition coefficient (Wildman–Crippen LogP) is 2.28. The Morgan fingerprint density at radius 3 is 2.76 bits per heavy atom. The molecule has 1 aromatic heterocycles. The highest BCUT2D eigenvalue weighted by Gasteiger charge is 2.19. The first-order chi connectivity index (χ1) is 9.90. The van der Waals surface area contributed by atoms with Crippen molar-refractivity contribution in [1.82, 2.24) is 4.83 Å². The minimum Gasteiger partial charge on any atom is -0.258 e. The molecule has 110 valence electrons. The standard InChI is InChI=1S/C12H11N3O4S2/c1-9-2-3-11(6-12(9)15(16)17)21(18,19)14-13-7-10-4-5-20-8-10/h2-8,14H,1H3/b13-7+. The second-order valence-electron chi connectivity index (χ2n) is 4.12. The van der Waals surface area contributed by atoms with Gasteiger partial charge in [0.15, 0.2) is 0 Å². The molecule has 0 aliphatic heterocycles. The molecule has 0 unspecified atom stereocenters. The lowest BCUT2D eigenvalue weighted by molar-refractivity contribution is -0.385.